The average Bonchev–Trinajstić information content (AvgIpc) is 2.77. The van der Waals surface area contributed by atoms with Crippen molar-refractivity contribution in [3.05, 3.63) is 39.4 Å². The Hall–Kier alpha value is -1.09. The molecule has 0 atom stereocenters. The molecule has 130 valence electrons. The molecule has 0 radical (unpaired) electrons. The van der Waals surface area contributed by atoms with Crippen LogP contribution in [0.25, 0.3) is 5.70 Å². The molecule has 2 nitrogen and oxygen atoms in total. The number of carbonyl (C=O) groups is 1. The van der Waals surface area contributed by atoms with Gasteiger partial charge in [0, 0.05) is 33.3 Å². The molecular formula is C21H28BrNO. The van der Waals surface area contributed by atoms with Gasteiger partial charge in [-0.25, -0.2) is 0 Å². The van der Waals surface area contributed by atoms with E-state index in [1.807, 2.05) is 6.08 Å². The Morgan fingerprint density at radius 1 is 1.21 bits per heavy atom. The van der Waals surface area contributed by atoms with Crippen LogP contribution in [-0.4, -0.2) is 11.3 Å². The van der Waals surface area contributed by atoms with Gasteiger partial charge in [-0.05, 0) is 57.2 Å². The van der Waals surface area contributed by atoms with E-state index in [-0.39, 0.29) is 11.5 Å². The van der Waals surface area contributed by atoms with E-state index in [1.54, 1.807) is 0 Å². The summed E-state index contributed by atoms with van der Waals surface area (Å²) in [5, 5.41) is 3.60. The van der Waals surface area contributed by atoms with Crippen LogP contribution in [-0.2, 0) is 11.2 Å². The second kappa shape index (κ2) is 7.03. The third-order valence-corrected chi connectivity index (χ3v) is 6.18. The first-order valence-corrected chi connectivity index (χ1v) is 9.98. The molecule has 24 heavy (non-hydrogen) atoms. The van der Waals surface area contributed by atoms with Crippen molar-refractivity contribution in [1.82, 2.24) is 5.32 Å². The molecule has 0 bridgehead atoms. The molecule has 1 N–H and O–H groups in total. The minimum atomic E-state index is -0.0250. The molecule has 1 aliphatic carbocycles. The Morgan fingerprint density at radius 3 is 2.54 bits per heavy atom. The van der Waals surface area contributed by atoms with Gasteiger partial charge in [0.1, 0.15) is 0 Å². The molecule has 1 fully saturated rings. The number of hydrogen-bond donors (Lipinski definition) is 1. The normalized spacial score (nSPS) is 22.6. The highest BCUT2D eigenvalue weighted by molar-refractivity contribution is 9.10. The average molecular weight is 390 g/mol. The number of aryl methyl sites for hydroxylation is 1. The smallest absolute Gasteiger partial charge is 0.160 e. The van der Waals surface area contributed by atoms with Crippen molar-refractivity contribution in [2.24, 2.45) is 5.92 Å². The number of hydrogen-bond acceptors (Lipinski definition) is 2. The number of allylic oxidation sites excluding steroid dienone is 1. The summed E-state index contributed by atoms with van der Waals surface area (Å²) in [6.07, 6.45) is 9.91. The first-order valence-electron chi connectivity index (χ1n) is 9.19. The number of rotatable bonds is 2. The van der Waals surface area contributed by atoms with Gasteiger partial charge in [0.25, 0.3) is 0 Å². The van der Waals surface area contributed by atoms with Crippen molar-refractivity contribution in [3.63, 3.8) is 0 Å². The van der Waals surface area contributed by atoms with E-state index in [2.05, 4.69) is 54.2 Å². The number of carbonyl (C=O) groups excluding carboxylic acids is 1. The molecule has 1 aromatic carbocycles. The van der Waals surface area contributed by atoms with E-state index >= 15 is 0 Å². The van der Waals surface area contributed by atoms with Crippen LogP contribution in [0.2, 0.25) is 0 Å². The summed E-state index contributed by atoms with van der Waals surface area (Å²) in [4.78, 5) is 12.9. The number of nitrogens with one attached hydrogen (secondary N) is 1. The van der Waals surface area contributed by atoms with Gasteiger partial charge in [-0.2, -0.15) is 0 Å². The van der Waals surface area contributed by atoms with Gasteiger partial charge < -0.3 is 5.32 Å². The van der Waals surface area contributed by atoms with Gasteiger partial charge in [-0.1, -0.05) is 47.7 Å². The van der Waals surface area contributed by atoms with E-state index in [0.717, 1.165) is 29.4 Å². The lowest BCUT2D eigenvalue weighted by atomic mass is 9.84. The summed E-state index contributed by atoms with van der Waals surface area (Å²) in [6.45, 7) is 6.54. The quantitative estimate of drug-likeness (QED) is 0.529. The molecule has 1 saturated carbocycles. The molecule has 0 spiro atoms. The summed E-state index contributed by atoms with van der Waals surface area (Å²) >= 11 is 3.64. The third-order valence-electron chi connectivity index (χ3n) is 5.32. The SMILES string of the molecule is Cc1cc2c(cc1Br)/C(=C/C(=O)C1CCCCCC1)NC(C)(C)C2. The first-order chi connectivity index (χ1) is 11.4. The van der Waals surface area contributed by atoms with Crippen LogP contribution in [0.5, 0.6) is 0 Å². The number of ketones is 1. The fraction of sp³-hybridized carbons (Fsp3) is 0.571. The number of halogens is 1. The van der Waals surface area contributed by atoms with E-state index in [0.29, 0.717) is 5.78 Å². The monoisotopic (exact) mass is 389 g/mol. The van der Waals surface area contributed by atoms with Crippen molar-refractivity contribution in [2.45, 2.75) is 71.3 Å². The molecule has 0 unspecified atom stereocenters. The second-order valence-electron chi connectivity index (χ2n) is 8.09. The number of benzene rings is 1. The van der Waals surface area contributed by atoms with E-state index in [4.69, 9.17) is 0 Å². The Kier molecular flexibility index (Phi) is 5.19. The van der Waals surface area contributed by atoms with Gasteiger partial charge in [0.2, 0.25) is 0 Å². The van der Waals surface area contributed by atoms with Crippen molar-refractivity contribution < 1.29 is 4.79 Å². The molecule has 3 heteroatoms. The molecular weight excluding hydrogens is 362 g/mol. The highest BCUT2D eigenvalue weighted by Gasteiger charge is 2.29. The molecule has 2 aliphatic rings. The Balaban J connectivity index is 1.94. The second-order valence-corrected chi connectivity index (χ2v) is 8.95. The largest absolute Gasteiger partial charge is 0.379 e. The molecule has 0 saturated heterocycles. The lowest BCUT2D eigenvalue weighted by molar-refractivity contribution is -0.118. The third kappa shape index (κ3) is 3.93. The molecule has 1 aromatic rings. The predicted molar refractivity (Wildman–Crippen MR) is 104 cm³/mol. The predicted octanol–water partition coefficient (Wildman–Crippen LogP) is 5.56. The fourth-order valence-corrected chi connectivity index (χ4v) is 4.37. The maximum absolute atomic E-state index is 12.9. The van der Waals surface area contributed by atoms with E-state index in [9.17, 15) is 4.79 Å². The Bertz CT molecular complexity index is 667. The van der Waals surface area contributed by atoms with Crippen molar-refractivity contribution in [3.8, 4) is 0 Å². The maximum atomic E-state index is 12.9. The lowest BCUT2D eigenvalue weighted by Gasteiger charge is -2.36. The van der Waals surface area contributed by atoms with Crippen LogP contribution < -0.4 is 5.32 Å². The van der Waals surface area contributed by atoms with Crippen LogP contribution in [0.1, 0.15) is 69.1 Å². The van der Waals surface area contributed by atoms with Gasteiger partial charge in [-0.15, -0.1) is 0 Å². The van der Waals surface area contributed by atoms with Crippen LogP contribution >= 0.6 is 15.9 Å². The lowest BCUT2D eigenvalue weighted by Crippen LogP contribution is -2.44. The van der Waals surface area contributed by atoms with E-state index < -0.39 is 0 Å². The Morgan fingerprint density at radius 2 is 1.88 bits per heavy atom. The van der Waals surface area contributed by atoms with Gasteiger partial charge in [0.15, 0.2) is 5.78 Å². The van der Waals surface area contributed by atoms with Crippen molar-refractivity contribution in [2.75, 3.05) is 0 Å². The zero-order chi connectivity index (χ0) is 17.3. The summed E-state index contributed by atoms with van der Waals surface area (Å²) < 4.78 is 1.11. The highest BCUT2D eigenvalue weighted by atomic mass is 79.9. The number of fused-ring (bicyclic) bond motifs is 1. The van der Waals surface area contributed by atoms with Crippen LogP contribution in [0.4, 0.5) is 0 Å². The van der Waals surface area contributed by atoms with Crippen LogP contribution in [0.15, 0.2) is 22.7 Å². The molecule has 0 amide bonds. The summed E-state index contributed by atoms with van der Waals surface area (Å²) in [5.41, 5.74) is 4.73. The van der Waals surface area contributed by atoms with Gasteiger partial charge in [0.05, 0.1) is 0 Å². The van der Waals surface area contributed by atoms with Crippen molar-refractivity contribution in [1.29, 1.82) is 0 Å². The first kappa shape index (κ1) is 17.7. The topological polar surface area (TPSA) is 29.1 Å². The summed E-state index contributed by atoms with van der Waals surface area (Å²) in [5.74, 6) is 0.518. The van der Waals surface area contributed by atoms with Crippen LogP contribution in [0.3, 0.4) is 0 Å². The van der Waals surface area contributed by atoms with Gasteiger partial charge in [-0.3, -0.25) is 4.79 Å². The van der Waals surface area contributed by atoms with E-state index in [1.165, 1.54) is 42.4 Å². The summed E-state index contributed by atoms with van der Waals surface area (Å²) in [6, 6.07) is 4.42. The fourth-order valence-electron chi connectivity index (χ4n) is 4.03. The van der Waals surface area contributed by atoms with Crippen molar-refractivity contribution >= 4 is 27.4 Å². The molecule has 1 aliphatic heterocycles. The molecule has 0 aromatic heterocycles. The standard InChI is InChI=1S/C21H28BrNO/c1-14-10-16-13-21(2,3)23-19(17(16)11-18(14)22)12-20(24)15-8-6-4-5-7-9-15/h10-12,15,23H,4-9,13H2,1-3H3/b19-12-. The Labute approximate surface area is 154 Å². The molecule has 1 heterocycles. The highest BCUT2D eigenvalue weighted by Crippen LogP contribution is 2.34. The zero-order valence-electron chi connectivity index (χ0n) is 15.0. The minimum absolute atomic E-state index is 0.0250. The molecule has 3 rings (SSSR count). The minimum Gasteiger partial charge on any atom is -0.379 e. The van der Waals surface area contributed by atoms with Crippen LogP contribution in [0, 0.1) is 12.8 Å². The zero-order valence-corrected chi connectivity index (χ0v) is 16.6. The maximum Gasteiger partial charge on any atom is 0.160 e. The van der Waals surface area contributed by atoms with Gasteiger partial charge >= 0.3 is 0 Å². The summed E-state index contributed by atoms with van der Waals surface area (Å²) in [7, 11) is 0.